The minimum absolute atomic E-state index is 0.0268. The van der Waals surface area contributed by atoms with Gasteiger partial charge >= 0.3 is 6.09 Å². The van der Waals surface area contributed by atoms with E-state index in [2.05, 4.69) is 42.0 Å². The lowest BCUT2D eigenvalue weighted by Gasteiger charge is -2.21. The van der Waals surface area contributed by atoms with Crippen molar-refractivity contribution in [2.24, 2.45) is 0 Å². The van der Waals surface area contributed by atoms with E-state index in [0.717, 1.165) is 24.7 Å². The number of alkyl carbamates (subject to hydrolysis) is 1. The highest BCUT2D eigenvalue weighted by atomic mass is 28.3. The summed E-state index contributed by atoms with van der Waals surface area (Å²) in [6, 6.07) is 17.8. The first kappa shape index (κ1) is 21.5. The SMILES string of the molecule is C[Si](C)(C)CCOC(=O)N[C@@H]1CN(Cc2ccccc2)C[C@H]1c1cccc(F)c1. The molecule has 0 saturated carbocycles. The summed E-state index contributed by atoms with van der Waals surface area (Å²) >= 11 is 0. The molecule has 3 rings (SSSR count). The van der Waals surface area contributed by atoms with E-state index in [1.807, 2.05) is 24.3 Å². The van der Waals surface area contributed by atoms with Gasteiger partial charge in [0.2, 0.25) is 0 Å². The first-order valence-corrected chi connectivity index (χ1v) is 14.0. The van der Waals surface area contributed by atoms with Crippen molar-refractivity contribution in [3.8, 4) is 0 Å². The van der Waals surface area contributed by atoms with Crippen LogP contribution in [0.4, 0.5) is 9.18 Å². The van der Waals surface area contributed by atoms with Crippen LogP contribution in [0, 0.1) is 5.82 Å². The molecule has 0 bridgehead atoms. The van der Waals surface area contributed by atoms with Crippen LogP contribution in [-0.4, -0.2) is 44.8 Å². The summed E-state index contributed by atoms with van der Waals surface area (Å²) in [5.74, 6) is -0.223. The van der Waals surface area contributed by atoms with Crippen LogP contribution < -0.4 is 5.32 Å². The molecular formula is C23H31FN2O2Si. The van der Waals surface area contributed by atoms with Crippen molar-refractivity contribution in [3.05, 3.63) is 71.5 Å². The predicted octanol–water partition coefficient (Wildman–Crippen LogP) is 4.86. The Morgan fingerprint density at radius 2 is 1.90 bits per heavy atom. The van der Waals surface area contributed by atoms with Crippen LogP contribution in [0.2, 0.25) is 25.7 Å². The van der Waals surface area contributed by atoms with Gasteiger partial charge < -0.3 is 10.1 Å². The molecule has 0 aromatic heterocycles. The number of benzene rings is 2. The van der Waals surface area contributed by atoms with E-state index in [1.165, 1.54) is 11.6 Å². The molecule has 6 heteroatoms. The molecule has 0 radical (unpaired) electrons. The van der Waals surface area contributed by atoms with Crippen LogP contribution in [0.1, 0.15) is 17.0 Å². The minimum Gasteiger partial charge on any atom is -0.450 e. The molecular weight excluding hydrogens is 383 g/mol. The molecule has 0 unspecified atom stereocenters. The normalized spacial score (nSPS) is 19.9. The number of rotatable bonds is 7. The molecule has 4 nitrogen and oxygen atoms in total. The number of hydrogen-bond donors (Lipinski definition) is 1. The van der Waals surface area contributed by atoms with Gasteiger partial charge in [0.1, 0.15) is 5.82 Å². The topological polar surface area (TPSA) is 41.6 Å². The van der Waals surface area contributed by atoms with E-state index in [4.69, 9.17) is 4.74 Å². The van der Waals surface area contributed by atoms with Crippen LogP contribution in [0.3, 0.4) is 0 Å². The highest BCUT2D eigenvalue weighted by Crippen LogP contribution is 2.29. The monoisotopic (exact) mass is 414 g/mol. The molecule has 29 heavy (non-hydrogen) atoms. The zero-order valence-corrected chi connectivity index (χ0v) is 18.5. The van der Waals surface area contributed by atoms with Gasteiger partial charge in [-0.3, -0.25) is 4.90 Å². The summed E-state index contributed by atoms with van der Waals surface area (Å²) in [5.41, 5.74) is 2.14. The van der Waals surface area contributed by atoms with E-state index >= 15 is 0 Å². The van der Waals surface area contributed by atoms with Crippen molar-refractivity contribution in [1.29, 1.82) is 0 Å². The molecule has 1 N–H and O–H groups in total. The lowest BCUT2D eigenvalue weighted by atomic mass is 9.94. The summed E-state index contributed by atoms with van der Waals surface area (Å²) in [7, 11) is -1.25. The number of amides is 1. The van der Waals surface area contributed by atoms with Gasteiger partial charge in [-0.15, -0.1) is 0 Å². The zero-order valence-electron chi connectivity index (χ0n) is 17.5. The van der Waals surface area contributed by atoms with E-state index < -0.39 is 8.07 Å². The lowest BCUT2D eigenvalue weighted by Crippen LogP contribution is -2.40. The molecule has 1 amide bonds. The maximum atomic E-state index is 13.8. The molecule has 1 fully saturated rings. The van der Waals surface area contributed by atoms with Gasteiger partial charge in [-0.05, 0) is 29.3 Å². The minimum atomic E-state index is -1.25. The average molecular weight is 415 g/mol. The lowest BCUT2D eigenvalue weighted by molar-refractivity contribution is 0.147. The quantitative estimate of drug-likeness (QED) is 0.658. The Balaban J connectivity index is 1.66. The molecule has 2 atom stereocenters. The van der Waals surface area contributed by atoms with Gasteiger partial charge in [-0.2, -0.15) is 0 Å². The maximum absolute atomic E-state index is 13.8. The third-order valence-electron chi connectivity index (χ3n) is 5.31. The van der Waals surface area contributed by atoms with Crippen molar-refractivity contribution in [1.82, 2.24) is 10.2 Å². The number of halogens is 1. The predicted molar refractivity (Wildman–Crippen MR) is 117 cm³/mol. The number of hydrogen-bond acceptors (Lipinski definition) is 3. The fourth-order valence-corrected chi connectivity index (χ4v) is 4.43. The van der Waals surface area contributed by atoms with Crippen LogP contribution in [0.5, 0.6) is 0 Å². The van der Waals surface area contributed by atoms with E-state index in [-0.39, 0.29) is 23.9 Å². The smallest absolute Gasteiger partial charge is 0.407 e. The summed E-state index contributed by atoms with van der Waals surface area (Å²) in [4.78, 5) is 14.7. The van der Waals surface area contributed by atoms with Crippen LogP contribution in [0.15, 0.2) is 54.6 Å². The number of ether oxygens (including phenoxy) is 1. The third kappa shape index (κ3) is 6.68. The van der Waals surface area contributed by atoms with Gasteiger partial charge in [0, 0.05) is 33.6 Å². The average Bonchev–Trinajstić information content (AvgIpc) is 3.03. The number of carbonyl (C=O) groups is 1. The first-order valence-electron chi connectivity index (χ1n) is 10.3. The number of nitrogens with zero attached hydrogens (tertiary/aromatic N) is 1. The van der Waals surface area contributed by atoms with E-state index in [9.17, 15) is 9.18 Å². The van der Waals surface area contributed by atoms with Gasteiger partial charge in [-0.1, -0.05) is 62.1 Å². The molecule has 1 saturated heterocycles. The fraction of sp³-hybridized carbons (Fsp3) is 0.435. The fourth-order valence-electron chi connectivity index (χ4n) is 3.72. The molecule has 1 aliphatic heterocycles. The van der Waals surface area contributed by atoms with Crippen LogP contribution in [0.25, 0.3) is 0 Å². The summed E-state index contributed by atoms with van der Waals surface area (Å²) in [5, 5.41) is 3.04. The second kappa shape index (κ2) is 9.54. The summed E-state index contributed by atoms with van der Waals surface area (Å²) in [6.45, 7) is 9.49. The molecule has 0 aliphatic carbocycles. The molecule has 1 heterocycles. The highest BCUT2D eigenvalue weighted by molar-refractivity contribution is 6.76. The Labute approximate surface area is 174 Å². The maximum Gasteiger partial charge on any atom is 0.407 e. The van der Waals surface area contributed by atoms with Gasteiger partial charge in [0.15, 0.2) is 0 Å². The third-order valence-corrected chi connectivity index (χ3v) is 7.01. The van der Waals surface area contributed by atoms with Gasteiger partial charge in [0.05, 0.1) is 12.6 Å². The zero-order chi connectivity index (χ0) is 20.9. The van der Waals surface area contributed by atoms with Gasteiger partial charge in [0.25, 0.3) is 0 Å². The summed E-state index contributed by atoms with van der Waals surface area (Å²) in [6.07, 6.45) is -0.379. The Hall–Kier alpha value is -2.18. The standard InChI is InChI=1S/C23H31FN2O2Si/c1-29(2,3)13-12-28-23(27)25-22-17-26(15-18-8-5-4-6-9-18)16-21(22)19-10-7-11-20(24)14-19/h4-11,14,21-22H,12-13,15-17H2,1-3H3,(H,25,27)/t21-,22+/m0/s1. The second-order valence-corrected chi connectivity index (χ2v) is 14.7. The van der Waals surface area contributed by atoms with E-state index in [0.29, 0.717) is 13.2 Å². The van der Waals surface area contributed by atoms with Crippen LogP contribution >= 0.6 is 0 Å². The molecule has 1 aliphatic rings. The van der Waals surface area contributed by atoms with Crippen molar-refractivity contribution >= 4 is 14.2 Å². The first-order chi connectivity index (χ1) is 13.8. The van der Waals surface area contributed by atoms with Crippen molar-refractivity contribution in [2.45, 2.75) is 44.2 Å². The molecule has 2 aromatic carbocycles. The summed E-state index contributed by atoms with van der Waals surface area (Å²) < 4.78 is 19.2. The van der Waals surface area contributed by atoms with Crippen molar-refractivity contribution in [3.63, 3.8) is 0 Å². The van der Waals surface area contributed by atoms with Gasteiger partial charge in [-0.25, -0.2) is 9.18 Å². The number of likely N-dealkylation sites (tertiary alicyclic amines) is 1. The largest absolute Gasteiger partial charge is 0.450 e. The number of carbonyl (C=O) groups excluding carboxylic acids is 1. The van der Waals surface area contributed by atoms with Crippen molar-refractivity contribution in [2.75, 3.05) is 19.7 Å². The molecule has 2 aromatic rings. The molecule has 156 valence electrons. The molecule has 0 spiro atoms. The van der Waals surface area contributed by atoms with Crippen LogP contribution in [-0.2, 0) is 11.3 Å². The Kier molecular flexibility index (Phi) is 7.08. The highest BCUT2D eigenvalue weighted by Gasteiger charge is 2.35. The second-order valence-electron chi connectivity index (χ2n) is 9.04. The number of nitrogens with one attached hydrogen (secondary N) is 1. The Bertz CT molecular complexity index is 810. The van der Waals surface area contributed by atoms with E-state index in [1.54, 1.807) is 12.1 Å². The Morgan fingerprint density at radius 1 is 1.14 bits per heavy atom. The Morgan fingerprint density at radius 3 is 2.59 bits per heavy atom. The van der Waals surface area contributed by atoms with Crippen molar-refractivity contribution < 1.29 is 13.9 Å².